The van der Waals surface area contributed by atoms with Gasteiger partial charge in [-0.3, -0.25) is 4.57 Å². The Kier molecular flexibility index (Phi) is 5.37. The van der Waals surface area contributed by atoms with E-state index >= 15 is 0 Å². The van der Waals surface area contributed by atoms with Crippen molar-refractivity contribution < 1.29 is 0 Å². The highest BCUT2D eigenvalue weighted by molar-refractivity contribution is 7.18. The first-order chi connectivity index (χ1) is 20.2. The number of nitrogens with zero attached hydrogens (tertiary/aromatic N) is 3. The fraction of sp³-hybridized carbons (Fsp3) is 0.0270. The lowest BCUT2D eigenvalue weighted by Crippen LogP contribution is -2.16. The first kappa shape index (κ1) is 23.8. The molecule has 0 saturated heterocycles. The quantitative estimate of drug-likeness (QED) is 0.224. The molecule has 0 aliphatic rings. The van der Waals surface area contributed by atoms with Gasteiger partial charge in [-0.1, -0.05) is 116 Å². The number of hydrogen-bond acceptors (Lipinski definition) is 3. The first-order valence-electron chi connectivity index (χ1n) is 13.8. The zero-order valence-electron chi connectivity index (χ0n) is 22.5. The molecule has 0 aliphatic heterocycles. The van der Waals surface area contributed by atoms with Crippen LogP contribution in [0.2, 0.25) is 0 Å². The average molecular weight is 544 g/mol. The summed E-state index contributed by atoms with van der Waals surface area (Å²) < 4.78 is 4.53. The molecule has 3 nitrogen and oxygen atoms in total. The van der Waals surface area contributed by atoms with Crippen LogP contribution in [0, 0.1) is 0 Å². The van der Waals surface area contributed by atoms with Gasteiger partial charge in [0, 0.05) is 36.9 Å². The van der Waals surface area contributed by atoms with Crippen molar-refractivity contribution in [2.75, 3.05) is 0 Å². The highest BCUT2D eigenvalue weighted by Gasteiger charge is 2.22. The second-order valence-corrected chi connectivity index (χ2v) is 11.3. The molecule has 0 atom stereocenters. The van der Waals surface area contributed by atoms with Crippen LogP contribution in [0.4, 0.5) is 0 Å². The standard InChI is InChI=1S/C37H25N3S/c1-3-4-16-25-23(2)41-36-33(25)27-18-9-8-17-26(27)32-29-20-11-13-22-31(29)40(35(32)36)37-38-30-21-12-10-19-28(30)34(39-37)24-14-6-5-7-15-24/h3-22H,2H2,1H3/b4-3-,25-16+. The number of para-hydroxylation sites is 2. The summed E-state index contributed by atoms with van der Waals surface area (Å²) in [5.41, 5.74) is 5.14. The summed E-state index contributed by atoms with van der Waals surface area (Å²) in [4.78, 5) is 10.5. The van der Waals surface area contributed by atoms with Crippen LogP contribution in [-0.2, 0) is 0 Å². The lowest BCUT2D eigenvalue weighted by atomic mass is 10.00. The smallest absolute Gasteiger partial charge is 0.235 e. The van der Waals surface area contributed by atoms with Crippen LogP contribution in [0.15, 0.2) is 115 Å². The maximum Gasteiger partial charge on any atom is 0.235 e. The Morgan fingerprint density at radius 3 is 2.15 bits per heavy atom. The Bertz CT molecular complexity index is 2450. The molecule has 0 aliphatic carbocycles. The predicted octanol–water partition coefficient (Wildman–Crippen LogP) is 8.53. The molecule has 4 heteroatoms. The van der Waals surface area contributed by atoms with E-state index in [0.717, 1.165) is 37.7 Å². The SMILES string of the molecule is C=c1sc2c(/c1=C/C=C\C)c1ccccc1c1c3ccccc3n(-c3nc(-c4ccccc4)c4ccccc4n3)c21. The number of allylic oxidation sites excluding steroid dienone is 2. The first-order valence-corrected chi connectivity index (χ1v) is 14.6. The van der Waals surface area contributed by atoms with Crippen LogP contribution in [-0.4, -0.2) is 14.5 Å². The molecule has 0 saturated carbocycles. The molecule has 0 fully saturated rings. The highest BCUT2D eigenvalue weighted by atomic mass is 32.1. The fourth-order valence-corrected chi connectivity index (χ4v) is 7.27. The van der Waals surface area contributed by atoms with Gasteiger partial charge in [-0.15, -0.1) is 11.3 Å². The summed E-state index contributed by atoms with van der Waals surface area (Å²) in [7, 11) is 0. The molecule has 0 spiro atoms. The minimum Gasteiger partial charge on any atom is -0.276 e. The van der Waals surface area contributed by atoms with Gasteiger partial charge in [0.1, 0.15) is 0 Å². The summed E-state index contributed by atoms with van der Waals surface area (Å²) >= 11 is 1.75. The molecular formula is C37H25N3S. The Labute approximate surface area is 240 Å². The molecule has 194 valence electrons. The molecule has 8 aromatic rings. The Hall–Kier alpha value is -5.06. The molecule has 0 bridgehead atoms. The summed E-state index contributed by atoms with van der Waals surface area (Å²) in [6, 6.07) is 36.0. The molecule has 5 aromatic carbocycles. The minimum atomic E-state index is 0.670. The maximum atomic E-state index is 5.30. The van der Waals surface area contributed by atoms with Crippen molar-refractivity contribution in [2.45, 2.75) is 6.92 Å². The molecule has 0 amide bonds. The van der Waals surface area contributed by atoms with Gasteiger partial charge >= 0.3 is 0 Å². The molecule has 0 radical (unpaired) electrons. The van der Waals surface area contributed by atoms with Gasteiger partial charge in [0.15, 0.2) is 0 Å². The van der Waals surface area contributed by atoms with E-state index in [1.807, 2.05) is 19.1 Å². The summed E-state index contributed by atoms with van der Waals surface area (Å²) in [6.45, 7) is 6.53. The van der Waals surface area contributed by atoms with Crippen LogP contribution in [0.5, 0.6) is 0 Å². The van der Waals surface area contributed by atoms with Crippen LogP contribution >= 0.6 is 11.3 Å². The summed E-state index contributed by atoms with van der Waals surface area (Å²) in [5.74, 6) is 0.670. The Balaban J connectivity index is 1.63. The van der Waals surface area contributed by atoms with Crippen molar-refractivity contribution in [1.29, 1.82) is 0 Å². The van der Waals surface area contributed by atoms with Gasteiger partial charge in [0.25, 0.3) is 0 Å². The van der Waals surface area contributed by atoms with E-state index in [0.29, 0.717) is 5.95 Å². The average Bonchev–Trinajstić information content (AvgIpc) is 3.55. The number of rotatable bonds is 3. The van der Waals surface area contributed by atoms with E-state index in [1.165, 1.54) is 36.8 Å². The van der Waals surface area contributed by atoms with Crippen molar-refractivity contribution in [3.8, 4) is 17.2 Å². The largest absolute Gasteiger partial charge is 0.276 e. The Morgan fingerprint density at radius 1 is 0.707 bits per heavy atom. The minimum absolute atomic E-state index is 0.670. The second kappa shape index (κ2) is 9.26. The molecule has 8 rings (SSSR count). The van der Waals surface area contributed by atoms with E-state index in [9.17, 15) is 0 Å². The number of hydrogen-bond donors (Lipinski definition) is 0. The van der Waals surface area contributed by atoms with E-state index in [1.54, 1.807) is 11.3 Å². The van der Waals surface area contributed by atoms with Crippen molar-refractivity contribution in [3.05, 3.63) is 125 Å². The van der Waals surface area contributed by atoms with E-state index in [-0.39, 0.29) is 0 Å². The molecule has 0 N–H and O–H groups in total. The van der Waals surface area contributed by atoms with Gasteiger partial charge in [0.05, 0.1) is 26.9 Å². The summed E-state index contributed by atoms with van der Waals surface area (Å²) in [5, 5.41) is 8.32. The van der Waals surface area contributed by atoms with Crippen molar-refractivity contribution in [2.24, 2.45) is 0 Å². The normalized spacial score (nSPS) is 12.7. The third-order valence-corrected chi connectivity index (χ3v) is 8.94. The number of fused-ring (bicyclic) bond motifs is 9. The van der Waals surface area contributed by atoms with Gasteiger partial charge in [-0.2, -0.15) is 0 Å². The lowest BCUT2D eigenvalue weighted by molar-refractivity contribution is 1.02. The molecule has 3 aromatic heterocycles. The van der Waals surface area contributed by atoms with Crippen LogP contribution in [0.25, 0.3) is 83.4 Å². The highest BCUT2D eigenvalue weighted by Crippen LogP contribution is 2.42. The third kappa shape index (κ3) is 3.51. The van der Waals surface area contributed by atoms with Gasteiger partial charge < -0.3 is 0 Å². The fourth-order valence-electron chi connectivity index (χ4n) is 6.13. The topological polar surface area (TPSA) is 30.7 Å². The van der Waals surface area contributed by atoms with Crippen molar-refractivity contribution in [3.63, 3.8) is 0 Å². The van der Waals surface area contributed by atoms with E-state index in [4.69, 9.17) is 9.97 Å². The van der Waals surface area contributed by atoms with Crippen molar-refractivity contribution >= 4 is 77.6 Å². The molecule has 41 heavy (non-hydrogen) atoms. The zero-order chi connectivity index (χ0) is 27.5. The number of thiophene rings is 1. The maximum absolute atomic E-state index is 5.30. The third-order valence-electron chi connectivity index (χ3n) is 7.87. The second-order valence-electron chi connectivity index (χ2n) is 10.2. The molecule has 0 unspecified atom stereocenters. The van der Waals surface area contributed by atoms with Crippen LogP contribution < -0.4 is 9.75 Å². The Morgan fingerprint density at radius 2 is 1.37 bits per heavy atom. The summed E-state index contributed by atoms with van der Waals surface area (Å²) in [6.07, 6.45) is 6.35. The molecule has 3 heterocycles. The zero-order valence-corrected chi connectivity index (χ0v) is 23.3. The van der Waals surface area contributed by atoms with Gasteiger partial charge in [-0.25, -0.2) is 9.97 Å². The van der Waals surface area contributed by atoms with E-state index in [2.05, 4.69) is 120 Å². The van der Waals surface area contributed by atoms with Gasteiger partial charge in [0.2, 0.25) is 5.95 Å². The van der Waals surface area contributed by atoms with Crippen molar-refractivity contribution in [1.82, 2.24) is 14.5 Å². The predicted molar refractivity (Wildman–Crippen MR) is 176 cm³/mol. The van der Waals surface area contributed by atoms with Crippen LogP contribution in [0.3, 0.4) is 0 Å². The molecular weight excluding hydrogens is 518 g/mol. The monoisotopic (exact) mass is 543 g/mol. The van der Waals surface area contributed by atoms with E-state index < -0.39 is 0 Å². The number of aromatic nitrogens is 3. The van der Waals surface area contributed by atoms with Crippen LogP contribution in [0.1, 0.15) is 6.92 Å². The number of benzene rings is 5. The van der Waals surface area contributed by atoms with Gasteiger partial charge in [-0.05, 0) is 29.8 Å². The lowest BCUT2D eigenvalue weighted by Gasteiger charge is -2.12.